The minimum absolute atomic E-state index is 0.248. The molecule has 1 aliphatic heterocycles. The minimum atomic E-state index is -4.40. The largest absolute Gasteiger partial charge is 0.416 e. The Labute approximate surface area is 73.2 Å². The van der Waals surface area contributed by atoms with E-state index in [1.54, 1.807) is 6.92 Å². The SMILES string of the molecule is CC[C@@H]1O[C@H](C(F)(F)F)CNC1=O. The molecule has 0 unspecified atom stereocenters. The van der Waals surface area contributed by atoms with E-state index in [1.807, 2.05) is 0 Å². The van der Waals surface area contributed by atoms with Crippen molar-refractivity contribution in [2.24, 2.45) is 0 Å². The van der Waals surface area contributed by atoms with Gasteiger partial charge in [-0.05, 0) is 6.42 Å². The van der Waals surface area contributed by atoms with E-state index >= 15 is 0 Å². The number of ether oxygens (including phenoxy) is 1. The summed E-state index contributed by atoms with van der Waals surface area (Å²) in [4.78, 5) is 10.9. The van der Waals surface area contributed by atoms with Gasteiger partial charge in [-0.3, -0.25) is 4.79 Å². The van der Waals surface area contributed by atoms with Crippen LogP contribution in [0, 0.1) is 0 Å². The molecular weight excluding hydrogens is 187 g/mol. The first-order valence-electron chi connectivity index (χ1n) is 3.95. The van der Waals surface area contributed by atoms with Gasteiger partial charge < -0.3 is 10.1 Å². The van der Waals surface area contributed by atoms with Gasteiger partial charge in [-0.25, -0.2) is 0 Å². The number of carbonyl (C=O) groups is 1. The lowest BCUT2D eigenvalue weighted by Gasteiger charge is -2.30. The molecule has 6 heteroatoms. The predicted molar refractivity (Wildman–Crippen MR) is 38.0 cm³/mol. The molecule has 76 valence electrons. The summed E-state index contributed by atoms with van der Waals surface area (Å²) in [6.45, 7) is 1.11. The first-order valence-corrected chi connectivity index (χ1v) is 3.95. The summed E-state index contributed by atoms with van der Waals surface area (Å²) in [5, 5.41) is 2.16. The number of hydrogen-bond acceptors (Lipinski definition) is 2. The van der Waals surface area contributed by atoms with Crippen LogP contribution in [0.1, 0.15) is 13.3 Å². The summed E-state index contributed by atoms with van der Waals surface area (Å²) < 4.78 is 40.9. The Hall–Kier alpha value is -0.780. The third-order valence-corrected chi connectivity index (χ3v) is 1.82. The van der Waals surface area contributed by atoms with Gasteiger partial charge in [0.15, 0.2) is 6.10 Å². The summed E-state index contributed by atoms with van der Waals surface area (Å²) in [6.07, 6.45) is -6.99. The van der Waals surface area contributed by atoms with Gasteiger partial charge >= 0.3 is 6.18 Å². The van der Waals surface area contributed by atoms with Crippen LogP contribution >= 0.6 is 0 Å². The van der Waals surface area contributed by atoms with Crippen molar-refractivity contribution in [3.05, 3.63) is 0 Å². The maximum Gasteiger partial charge on any atom is 0.416 e. The molecule has 0 saturated carbocycles. The molecule has 1 saturated heterocycles. The summed E-state index contributed by atoms with van der Waals surface area (Å²) >= 11 is 0. The van der Waals surface area contributed by atoms with Crippen molar-refractivity contribution in [2.75, 3.05) is 6.54 Å². The summed E-state index contributed by atoms with van der Waals surface area (Å²) in [6, 6.07) is 0. The number of nitrogens with one attached hydrogen (secondary N) is 1. The zero-order valence-corrected chi connectivity index (χ0v) is 7.02. The van der Waals surface area contributed by atoms with Crippen LogP contribution in [0.3, 0.4) is 0 Å². The number of amides is 1. The molecule has 0 radical (unpaired) electrons. The quantitative estimate of drug-likeness (QED) is 0.676. The first kappa shape index (κ1) is 10.3. The molecule has 1 rings (SSSR count). The highest BCUT2D eigenvalue weighted by Gasteiger charge is 2.45. The van der Waals surface area contributed by atoms with Gasteiger partial charge in [0.25, 0.3) is 0 Å². The monoisotopic (exact) mass is 197 g/mol. The Morgan fingerprint density at radius 2 is 2.23 bits per heavy atom. The Balaban J connectivity index is 2.60. The van der Waals surface area contributed by atoms with Gasteiger partial charge in [-0.2, -0.15) is 13.2 Å². The molecule has 3 nitrogen and oxygen atoms in total. The lowest BCUT2D eigenvalue weighted by Crippen LogP contribution is -2.54. The zero-order valence-electron chi connectivity index (χ0n) is 7.02. The van der Waals surface area contributed by atoms with Gasteiger partial charge in [-0.15, -0.1) is 0 Å². The average molecular weight is 197 g/mol. The van der Waals surface area contributed by atoms with Crippen LogP contribution in [-0.4, -0.2) is 30.8 Å². The highest BCUT2D eigenvalue weighted by Crippen LogP contribution is 2.25. The van der Waals surface area contributed by atoms with Crippen LogP contribution in [0.4, 0.5) is 13.2 Å². The first-order chi connectivity index (χ1) is 5.95. The highest BCUT2D eigenvalue weighted by molar-refractivity contribution is 5.81. The van der Waals surface area contributed by atoms with Gasteiger partial charge in [0.05, 0.1) is 6.54 Å². The van der Waals surface area contributed by atoms with E-state index in [2.05, 4.69) is 10.1 Å². The Kier molecular flexibility index (Phi) is 2.80. The fourth-order valence-electron chi connectivity index (χ4n) is 1.09. The molecule has 0 bridgehead atoms. The van der Waals surface area contributed by atoms with Gasteiger partial charge in [0.2, 0.25) is 5.91 Å². The van der Waals surface area contributed by atoms with Crippen molar-refractivity contribution in [1.82, 2.24) is 5.32 Å². The molecular formula is C7H10F3NO2. The Bertz CT molecular complexity index is 204. The maximum absolute atomic E-state index is 12.1. The lowest BCUT2D eigenvalue weighted by atomic mass is 10.2. The molecule has 1 aliphatic rings. The molecule has 0 spiro atoms. The van der Waals surface area contributed by atoms with Crippen molar-refractivity contribution < 1.29 is 22.7 Å². The normalized spacial score (nSPS) is 30.0. The van der Waals surface area contributed by atoms with Gasteiger partial charge in [0, 0.05) is 0 Å². The third kappa shape index (κ3) is 2.33. The van der Waals surface area contributed by atoms with Crippen LogP contribution < -0.4 is 5.32 Å². The number of alkyl halides is 3. The molecule has 1 heterocycles. The van der Waals surface area contributed by atoms with E-state index < -0.39 is 30.8 Å². The topological polar surface area (TPSA) is 38.3 Å². The number of carbonyl (C=O) groups excluding carboxylic acids is 1. The average Bonchev–Trinajstić information content (AvgIpc) is 2.03. The molecule has 0 aromatic carbocycles. The molecule has 1 fully saturated rings. The second-order valence-corrected chi connectivity index (χ2v) is 2.81. The van der Waals surface area contributed by atoms with E-state index in [-0.39, 0.29) is 6.42 Å². The smallest absolute Gasteiger partial charge is 0.354 e. The molecule has 0 aliphatic carbocycles. The summed E-state index contributed by atoms with van der Waals surface area (Å²) in [7, 11) is 0. The third-order valence-electron chi connectivity index (χ3n) is 1.82. The Morgan fingerprint density at radius 1 is 1.62 bits per heavy atom. The van der Waals surface area contributed by atoms with Crippen molar-refractivity contribution in [2.45, 2.75) is 31.7 Å². The minimum Gasteiger partial charge on any atom is -0.354 e. The summed E-state index contributed by atoms with van der Waals surface area (Å²) in [5.41, 5.74) is 0. The van der Waals surface area contributed by atoms with Gasteiger partial charge in [0.1, 0.15) is 6.10 Å². The van der Waals surface area contributed by atoms with E-state index in [4.69, 9.17) is 0 Å². The van der Waals surface area contributed by atoms with E-state index in [9.17, 15) is 18.0 Å². The van der Waals surface area contributed by atoms with Crippen molar-refractivity contribution in [3.8, 4) is 0 Å². The Morgan fingerprint density at radius 3 is 2.69 bits per heavy atom. The molecule has 1 N–H and O–H groups in total. The second kappa shape index (κ2) is 3.53. The fraction of sp³-hybridized carbons (Fsp3) is 0.857. The van der Waals surface area contributed by atoms with Crippen LogP contribution in [0.5, 0.6) is 0 Å². The second-order valence-electron chi connectivity index (χ2n) is 2.81. The highest BCUT2D eigenvalue weighted by atomic mass is 19.4. The number of halogens is 3. The molecule has 0 aromatic heterocycles. The number of hydrogen-bond donors (Lipinski definition) is 1. The summed E-state index contributed by atoms with van der Waals surface area (Å²) in [5.74, 6) is -0.469. The van der Waals surface area contributed by atoms with Crippen LogP contribution in [0.15, 0.2) is 0 Å². The molecule has 13 heavy (non-hydrogen) atoms. The van der Waals surface area contributed by atoms with Crippen molar-refractivity contribution in [1.29, 1.82) is 0 Å². The van der Waals surface area contributed by atoms with Crippen molar-refractivity contribution in [3.63, 3.8) is 0 Å². The number of rotatable bonds is 1. The molecule has 1 amide bonds. The molecule has 0 aromatic rings. The van der Waals surface area contributed by atoms with Crippen LogP contribution in [-0.2, 0) is 9.53 Å². The van der Waals surface area contributed by atoms with Crippen molar-refractivity contribution >= 4 is 5.91 Å². The maximum atomic E-state index is 12.1. The fourth-order valence-corrected chi connectivity index (χ4v) is 1.09. The number of morpholine rings is 1. The zero-order chi connectivity index (χ0) is 10.1. The van der Waals surface area contributed by atoms with Crippen LogP contribution in [0.25, 0.3) is 0 Å². The van der Waals surface area contributed by atoms with E-state index in [1.165, 1.54) is 0 Å². The van der Waals surface area contributed by atoms with Crippen LogP contribution in [0.2, 0.25) is 0 Å². The van der Waals surface area contributed by atoms with E-state index in [0.29, 0.717) is 0 Å². The molecule has 2 atom stereocenters. The standard InChI is InChI=1S/C7H10F3NO2/c1-2-4-6(12)11-3-5(13-4)7(8,9)10/h4-5H,2-3H2,1H3,(H,11,12)/t4-,5-/m0/s1. The van der Waals surface area contributed by atoms with Gasteiger partial charge in [-0.1, -0.05) is 6.92 Å². The predicted octanol–water partition coefficient (Wildman–Crippen LogP) is 0.842. The van der Waals surface area contributed by atoms with E-state index in [0.717, 1.165) is 0 Å². The lowest BCUT2D eigenvalue weighted by molar-refractivity contribution is -0.237.